The van der Waals surface area contributed by atoms with E-state index in [4.69, 9.17) is 5.11 Å². The third-order valence-electron chi connectivity index (χ3n) is 6.93. The number of benzene rings is 1. The molecule has 1 fully saturated rings. The molecule has 31 heavy (non-hydrogen) atoms. The van der Waals surface area contributed by atoms with Gasteiger partial charge in [0, 0.05) is 12.0 Å². The Morgan fingerprint density at radius 1 is 1.03 bits per heavy atom. The molecule has 1 aromatic rings. The van der Waals surface area contributed by atoms with Crippen LogP contribution in [0.1, 0.15) is 89.5 Å². The van der Waals surface area contributed by atoms with Crippen LogP contribution in [0.2, 0.25) is 0 Å². The van der Waals surface area contributed by atoms with Crippen LogP contribution in [0.25, 0.3) is 0 Å². The summed E-state index contributed by atoms with van der Waals surface area (Å²) in [5, 5.41) is 18.6. The molecule has 0 aliphatic heterocycles. The molecule has 0 aromatic heterocycles. The highest BCUT2D eigenvalue weighted by molar-refractivity contribution is 5.79. The lowest BCUT2D eigenvalue weighted by atomic mass is 9.79. The van der Waals surface area contributed by atoms with Crippen molar-refractivity contribution < 1.29 is 19.8 Å². The maximum absolute atomic E-state index is 11.0. The van der Waals surface area contributed by atoms with Gasteiger partial charge in [-0.05, 0) is 61.1 Å². The maximum atomic E-state index is 11.0. The van der Waals surface area contributed by atoms with Crippen molar-refractivity contribution in [3.63, 3.8) is 0 Å². The molecule has 0 bridgehead atoms. The summed E-state index contributed by atoms with van der Waals surface area (Å²) < 4.78 is 0. The van der Waals surface area contributed by atoms with Crippen molar-refractivity contribution in [3.05, 3.63) is 42.0 Å². The van der Waals surface area contributed by atoms with Gasteiger partial charge in [0.05, 0.1) is 0 Å². The van der Waals surface area contributed by atoms with Crippen molar-refractivity contribution in [2.75, 3.05) is 0 Å². The van der Waals surface area contributed by atoms with Gasteiger partial charge in [0.2, 0.25) is 0 Å². The molecular formula is C27H40O4. The van der Waals surface area contributed by atoms with Crippen LogP contribution in [0, 0.1) is 17.3 Å². The lowest BCUT2D eigenvalue weighted by molar-refractivity contribution is -0.131. The van der Waals surface area contributed by atoms with E-state index in [1.54, 1.807) is 12.1 Å². The van der Waals surface area contributed by atoms with E-state index < -0.39 is 5.97 Å². The first-order valence-electron chi connectivity index (χ1n) is 12.1. The van der Waals surface area contributed by atoms with Gasteiger partial charge < -0.3 is 15.0 Å². The van der Waals surface area contributed by atoms with E-state index >= 15 is 0 Å². The zero-order chi connectivity index (χ0) is 22.5. The number of aldehydes is 1. The molecule has 172 valence electrons. The number of allylic oxidation sites excluding steroid dienone is 1. The molecule has 1 aliphatic carbocycles. The summed E-state index contributed by atoms with van der Waals surface area (Å²) >= 11 is 0. The van der Waals surface area contributed by atoms with Crippen molar-refractivity contribution in [3.8, 4) is 5.75 Å². The number of unbranched alkanes of at least 4 members (excludes halogenated alkanes) is 2. The molecule has 0 amide bonds. The van der Waals surface area contributed by atoms with E-state index in [1.807, 2.05) is 25.1 Å². The first-order valence-corrected chi connectivity index (χ1v) is 12.1. The fraction of sp³-hybridized carbons (Fsp3) is 0.630. The lowest BCUT2D eigenvalue weighted by Crippen LogP contribution is -2.15. The molecular weight excluding hydrogens is 388 g/mol. The Bertz CT molecular complexity index is 686. The summed E-state index contributed by atoms with van der Waals surface area (Å²) in [4.78, 5) is 21.8. The number of hydrogen-bond donors (Lipinski definition) is 2. The fourth-order valence-electron chi connectivity index (χ4n) is 5.03. The van der Waals surface area contributed by atoms with Crippen molar-refractivity contribution in [2.24, 2.45) is 17.3 Å². The Labute approximate surface area is 187 Å². The first kappa shape index (κ1) is 25.2. The predicted molar refractivity (Wildman–Crippen MR) is 125 cm³/mol. The number of carbonyl (C=O) groups is 2. The molecule has 2 rings (SSSR count). The van der Waals surface area contributed by atoms with Gasteiger partial charge in [-0.3, -0.25) is 0 Å². The summed E-state index contributed by atoms with van der Waals surface area (Å²) in [5.74, 6) is 0.211. The minimum atomic E-state index is -0.847. The Morgan fingerprint density at radius 3 is 2.32 bits per heavy atom. The van der Waals surface area contributed by atoms with Crippen molar-refractivity contribution in [1.29, 1.82) is 0 Å². The third-order valence-corrected chi connectivity index (χ3v) is 6.93. The Kier molecular flexibility index (Phi) is 10.8. The Morgan fingerprint density at radius 2 is 1.68 bits per heavy atom. The van der Waals surface area contributed by atoms with Gasteiger partial charge in [0.25, 0.3) is 0 Å². The molecule has 0 radical (unpaired) electrons. The minimum Gasteiger partial charge on any atom is -0.508 e. The van der Waals surface area contributed by atoms with Crippen LogP contribution in [0.15, 0.2) is 36.4 Å². The molecule has 4 heteroatoms. The Balaban J connectivity index is 1.88. The average Bonchev–Trinajstić information content (AvgIpc) is 3.22. The second-order valence-electron chi connectivity index (χ2n) is 9.62. The molecule has 2 atom stereocenters. The van der Waals surface area contributed by atoms with Gasteiger partial charge in [0.15, 0.2) is 0 Å². The summed E-state index contributed by atoms with van der Waals surface area (Å²) in [5.41, 5.74) is 1.34. The number of aromatic hydroxyl groups is 1. The number of hydrogen-bond acceptors (Lipinski definition) is 3. The fourth-order valence-corrected chi connectivity index (χ4v) is 5.03. The van der Waals surface area contributed by atoms with Crippen molar-refractivity contribution >= 4 is 12.3 Å². The van der Waals surface area contributed by atoms with E-state index in [2.05, 4.69) is 0 Å². The Hall–Kier alpha value is -2.10. The summed E-state index contributed by atoms with van der Waals surface area (Å²) in [6.07, 6.45) is 18.9. The largest absolute Gasteiger partial charge is 0.508 e. The number of phenols is 1. The molecule has 1 saturated carbocycles. The van der Waals surface area contributed by atoms with Gasteiger partial charge in [0.1, 0.15) is 12.0 Å². The molecule has 0 spiro atoms. The highest BCUT2D eigenvalue weighted by Gasteiger charge is 2.31. The normalized spacial score (nSPS) is 17.6. The minimum absolute atomic E-state index is 0.0758. The van der Waals surface area contributed by atoms with Crippen LogP contribution < -0.4 is 0 Å². The molecule has 0 unspecified atom stereocenters. The van der Waals surface area contributed by atoms with Crippen LogP contribution in [0.3, 0.4) is 0 Å². The highest BCUT2D eigenvalue weighted by atomic mass is 16.4. The number of carboxylic acid groups (broad SMARTS) is 1. The van der Waals surface area contributed by atoms with Crippen LogP contribution >= 0.6 is 0 Å². The highest BCUT2D eigenvalue weighted by Crippen LogP contribution is 2.44. The van der Waals surface area contributed by atoms with Crippen LogP contribution in [0.4, 0.5) is 0 Å². The summed E-state index contributed by atoms with van der Waals surface area (Å²) in [6, 6.07) is 7.55. The monoisotopic (exact) mass is 428 g/mol. The molecule has 0 heterocycles. The van der Waals surface area contributed by atoms with Gasteiger partial charge >= 0.3 is 5.97 Å². The van der Waals surface area contributed by atoms with Crippen LogP contribution in [0.5, 0.6) is 5.75 Å². The second-order valence-corrected chi connectivity index (χ2v) is 9.62. The van der Waals surface area contributed by atoms with E-state index in [-0.39, 0.29) is 11.3 Å². The van der Waals surface area contributed by atoms with E-state index in [0.717, 1.165) is 64.1 Å². The third kappa shape index (κ3) is 9.71. The topological polar surface area (TPSA) is 74.6 Å². The average molecular weight is 429 g/mol. The smallest absolute Gasteiger partial charge is 0.327 e. The zero-order valence-corrected chi connectivity index (χ0v) is 19.1. The van der Waals surface area contributed by atoms with Crippen LogP contribution in [-0.2, 0) is 16.0 Å². The standard InChI is InChI=1S/C27H40O4/c1-22(21-28)8-3-2-4-9-23(20-24-11-13-25(29)14-12-24)10-7-18-27(16-5-6-17-27)19-15-26(30)31/h11-15,19,21-23,29H,2-10,16-18,20H2,1H3,(H,30,31)/b19-15+/t22-,23+/m0/s1. The molecule has 1 aliphatic rings. The zero-order valence-electron chi connectivity index (χ0n) is 19.1. The van der Waals surface area contributed by atoms with Gasteiger partial charge in [-0.2, -0.15) is 0 Å². The van der Waals surface area contributed by atoms with Crippen LogP contribution in [-0.4, -0.2) is 22.5 Å². The molecule has 4 nitrogen and oxygen atoms in total. The van der Waals surface area contributed by atoms with Crippen molar-refractivity contribution in [1.82, 2.24) is 0 Å². The second kappa shape index (κ2) is 13.3. The maximum Gasteiger partial charge on any atom is 0.327 e. The summed E-state index contributed by atoms with van der Waals surface area (Å²) in [6.45, 7) is 1.98. The number of phenolic OH excluding ortho intramolecular Hbond substituents is 1. The first-order chi connectivity index (χ1) is 14.9. The number of aliphatic carboxylic acids is 1. The van der Waals surface area contributed by atoms with Gasteiger partial charge in [-0.15, -0.1) is 0 Å². The van der Waals surface area contributed by atoms with Gasteiger partial charge in [-0.1, -0.05) is 76.5 Å². The van der Waals surface area contributed by atoms with E-state index in [0.29, 0.717) is 11.7 Å². The SMILES string of the molecule is C[C@H](C=O)CCCCC[C@H](CCCC1(/C=C/C(=O)O)CCCC1)Cc1ccc(O)cc1. The predicted octanol–water partition coefficient (Wildman–Crippen LogP) is 6.71. The summed E-state index contributed by atoms with van der Waals surface area (Å²) in [7, 11) is 0. The lowest BCUT2D eigenvalue weighted by Gasteiger charge is -2.26. The van der Waals surface area contributed by atoms with E-state index in [1.165, 1.54) is 37.3 Å². The van der Waals surface area contributed by atoms with Crippen molar-refractivity contribution in [2.45, 2.75) is 90.4 Å². The number of carbonyl (C=O) groups excluding carboxylic acids is 1. The molecule has 0 saturated heterocycles. The van der Waals surface area contributed by atoms with Gasteiger partial charge in [-0.25, -0.2) is 4.79 Å². The van der Waals surface area contributed by atoms with E-state index in [9.17, 15) is 14.7 Å². The molecule has 1 aromatic carbocycles. The molecule has 2 N–H and O–H groups in total. The quantitative estimate of drug-likeness (QED) is 0.185. The number of rotatable bonds is 15. The number of carboxylic acids is 1.